The lowest BCUT2D eigenvalue weighted by Gasteiger charge is -2.31. The topological polar surface area (TPSA) is 58.1 Å². The second-order valence-corrected chi connectivity index (χ2v) is 8.32. The van der Waals surface area contributed by atoms with E-state index in [2.05, 4.69) is 51.4 Å². The number of likely N-dealkylation sites (tertiary alicyclic amines) is 1. The van der Waals surface area contributed by atoms with Crippen LogP contribution in [0.4, 0.5) is 0 Å². The number of nitrogens with one attached hydrogen (secondary N) is 1. The second kappa shape index (κ2) is 10.2. The van der Waals surface area contributed by atoms with Crippen molar-refractivity contribution in [3.63, 3.8) is 0 Å². The zero-order chi connectivity index (χ0) is 19.9. The van der Waals surface area contributed by atoms with Gasteiger partial charge in [0.25, 0.3) is 5.91 Å². The lowest BCUT2D eigenvalue weighted by atomic mass is 10.0. The van der Waals surface area contributed by atoms with Gasteiger partial charge < -0.3 is 5.32 Å². The quantitative estimate of drug-likeness (QED) is 0.552. The highest BCUT2D eigenvalue weighted by Crippen LogP contribution is 2.25. The lowest BCUT2D eigenvalue weighted by molar-refractivity contribution is 0.0927. The van der Waals surface area contributed by atoms with Crippen LogP contribution in [0.2, 0.25) is 5.02 Å². The fourth-order valence-electron chi connectivity index (χ4n) is 3.53. The number of halogens is 1. The highest BCUT2D eigenvalue weighted by atomic mass is 35.5. The fourth-order valence-corrected chi connectivity index (χ4v) is 4.05. The molecule has 1 aromatic heterocycles. The monoisotopic (exact) mass is 418 g/mol. The van der Waals surface area contributed by atoms with Gasteiger partial charge in [-0.1, -0.05) is 66.0 Å². The Morgan fingerprint density at radius 1 is 1.21 bits per heavy atom. The smallest absolute Gasteiger partial charge is 0.271 e. The molecule has 2 aromatic rings. The van der Waals surface area contributed by atoms with Crippen molar-refractivity contribution in [1.82, 2.24) is 20.2 Å². The Labute approximate surface area is 176 Å². The summed E-state index contributed by atoms with van der Waals surface area (Å²) in [5, 5.41) is 3.87. The molecule has 0 radical (unpaired) electrons. The van der Waals surface area contributed by atoms with E-state index >= 15 is 0 Å². The number of aromatic nitrogens is 2. The summed E-state index contributed by atoms with van der Waals surface area (Å²) in [6.45, 7) is 4.72. The normalized spacial score (nSPS) is 16.4. The zero-order valence-electron chi connectivity index (χ0n) is 16.4. The summed E-state index contributed by atoms with van der Waals surface area (Å²) in [5.74, 6) is -0.255. The highest BCUT2D eigenvalue weighted by molar-refractivity contribution is 7.98. The Bertz CT molecular complexity index is 791. The number of thioether (sulfide) groups is 1. The minimum absolute atomic E-state index is 0.142. The summed E-state index contributed by atoms with van der Waals surface area (Å²) in [7, 11) is 0. The molecule has 1 aliphatic heterocycles. The van der Waals surface area contributed by atoms with E-state index in [9.17, 15) is 4.79 Å². The van der Waals surface area contributed by atoms with Crippen LogP contribution in [0.3, 0.4) is 0 Å². The van der Waals surface area contributed by atoms with Gasteiger partial charge in [0, 0.05) is 6.54 Å². The number of carbonyl (C=O) groups excluding carboxylic acids is 1. The molecule has 0 saturated carbocycles. The molecule has 1 atom stereocenters. The van der Waals surface area contributed by atoms with Gasteiger partial charge in [-0.2, -0.15) is 0 Å². The molecule has 0 bridgehead atoms. The van der Waals surface area contributed by atoms with E-state index in [-0.39, 0.29) is 22.7 Å². The van der Waals surface area contributed by atoms with Crippen molar-refractivity contribution in [1.29, 1.82) is 0 Å². The van der Waals surface area contributed by atoms with Gasteiger partial charge in [0.05, 0.1) is 17.3 Å². The average molecular weight is 419 g/mol. The van der Waals surface area contributed by atoms with E-state index < -0.39 is 0 Å². The van der Waals surface area contributed by atoms with Gasteiger partial charge in [-0.25, -0.2) is 9.97 Å². The first-order valence-electron chi connectivity index (χ1n) is 9.74. The van der Waals surface area contributed by atoms with Crippen LogP contribution < -0.4 is 5.32 Å². The molecule has 1 aliphatic rings. The number of nitrogens with zero attached hydrogens (tertiary/aromatic N) is 3. The Kier molecular flexibility index (Phi) is 7.71. The average Bonchev–Trinajstić information content (AvgIpc) is 2.99. The standard InChI is InChI=1S/C21H27ClN4OS/c1-15-7-9-16(10-8-15)18(26-11-5-3-4-6-12-26)14-23-20(27)19-17(22)13-24-21(25-19)28-2/h7-10,13,18H,3-6,11-12,14H2,1-2H3,(H,23,27)/t18-/m1/s1. The number of hydrogen-bond acceptors (Lipinski definition) is 5. The predicted octanol–water partition coefficient (Wildman–Crippen LogP) is 4.51. The first-order valence-corrected chi connectivity index (χ1v) is 11.3. The number of aryl methyl sites for hydroxylation is 1. The fraction of sp³-hybridized carbons (Fsp3) is 0.476. The van der Waals surface area contributed by atoms with E-state index in [0.29, 0.717) is 11.7 Å². The molecule has 0 unspecified atom stereocenters. The lowest BCUT2D eigenvalue weighted by Crippen LogP contribution is -2.39. The van der Waals surface area contributed by atoms with E-state index in [1.165, 1.54) is 54.8 Å². The van der Waals surface area contributed by atoms with Gasteiger partial charge in [-0.05, 0) is 44.7 Å². The SMILES string of the molecule is CSc1ncc(Cl)c(C(=O)NC[C@H](c2ccc(C)cc2)N2CCCCCC2)n1. The van der Waals surface area contributed by atoms with Crippen LogP contribution >= 0.6 is 23.4 Å². The van der Waals surface area contributed by atoms with Crippen molar-refractivity contribution >= 4 is 29.3 Å². The zero-order valence-corrected chi connectivity index (χ0v) is 18.0. The molecule has 7 heteroatoms. The van der Waals surface area contributed by atoms with Gasteiger partial charge in [-0.3, -0.25) is 9.69 Å². The Hall–Kier alpha value is -1.63. The molecule has 1 fully saturated rings. The van der Waals surface area contributed by atoms with Crippen LogP contribution in [-0.2, 0) is 0 Å². The van der Waals surface area contributed by atoms with Crippen LogP contribution in [0, 0.1) is 6.92 Å². The van der Waals surface area contributed by atoms with Crippen LogP contribution in [-0.4, -0.2) is 46.7 Å². The first kappa shape index (κ1) is 21.1. The molecule has 0 aliphatic carbocycles. The van der Waals surface area contributed by atoms with E-state index in [0.717, 1.165) is 13.1 Å². The Balaban J connectivity index is 1.77. The second-order valence-electron chi connectivity index (χ2n) is 7.14. The van der Waals surface area contributed by atoms with Crippen molar-refractivity contribution in [2.24, 2.45) is 0 Å². The van der Waals surface area contributed by atoms with Crippen LogP contribution in [0.15, 0.2) is 35.6 Å². The molecule has 1 saturated heterocycles. The summed E-state index contributed by atoms with van der Waals surface area (Å²) in [6.07, 6.45) is 8.31. The molecule has 1 N–H and O–H groups in total. The Morgan fingerprint density at radius 3 is 2.54 bits per heavy atom. The third-order valence-electron chi connectivity index (χ3n) is 5.12. The third-order valence-corrected chi connectivity index (χ3v) is 5.96. The molecular formula is C21H27ClN4OS. The van der Waals surface area contributed by atoms with Gasteiger partial charge >= 0.3 is 0 Å². The van der Waals surface area contributed by atoms with Crippen molar-refractivity contribution in [3.05, 3.63) is 52.3 Å². The minimum atomic E-state index is -0.255. The minimum Gasteiger partial charge on any atom is -0.349 e. The molecule has 3 rings (SSSR count). The molecule has 1 amide bonds. The molecule has 2 heterocycles. The van der Waals surface area contributed by atoms with Gasteiger partial charge in [-0.15, -0.1) is 0 Å². The van der Waals surface area contributed by atoms with Crippen molar-refractivity contribution < 1.29 is 4.79 Å². The van der Waals surface area contributed by atoms with Crippen molar-refractivity contribution in [2.75, 3.05) is 25.9 Å². The van der Waals surface area contributed by atoms with E-state index in [1.54, 1.807) is 0 Å². The maximum Gasteiger partial charge on any atom is 0.271 e. The summed E-state index contributed by atoms with van der Waals surface area (Å²) in [5.41, 5.74) is 2.70. The summed E-state index contributed by atoms with van der Waals surface area (Å²) in [6, 6.07) is 8.74. The van der Waals surface area contributed by atoms with E-state index in [1.807, 2.05) is 6.26 Å². The van der Waals surface area contributed by atoms with Crippen LogP contribution in [0.25, 0.3) is 0 Å². The number of benzene rings is 1. The number of hydrogen-bond donors (Lipinski definition) is 1. The maximum absolute atomic E-state index is 12.8. The summed E-state index contributed by atoms with van der Waals surface area (Å²) < 4.78 is 0. The summed E-state index contributed by atoms with van der Waals surface area (Å²) in [4.78, 5) is 23.6. The molecular weight excluding hydrogens is 392 g/mol. The molecule has 1 aromatic carbocycles. The maximum atomic E-state index is 12.8. The number of amides is 1. The molecule has 5 nitrogen and oxygen atoms in total. The van der Waals surface area contributed by atoms with Crippen molar-refractivity contribution in [3.8, 4) is 0 Å². The Morgan fingerprint density at radius 2 is 1.89 bits per heavy atom. The molecule has 0 spiro atoms. The van der Waals surface area contributed by atoms with Crippen molar-refractivity contribution in [2.45, 2.75) is 43.8 Å². The largest absolute Gasteiger partial charge is 0.349 e. The summed E-state index contributed by atoms with van der Waals surface area (Å²) >= 11 is 7.55. The van der Waals surface area contributed by atoms with Crippen LogP contribution in [0.1, 0.15) is 53.3 Å². The third kappa shape index (κ3) is 5.46. The van der Waals surface area contributed by atoms with Gasteiger partial charge in [0.2, 0.25) is 0 Å². The van der Waals surface area contributed by atoms with E-state index in [4.69, 9.17) is 11.6 Å². The first-order chi connectivity index (χ1) is 13.6. The van der Waals surface area contributed by atoms with Gasteiger partial charge in [0.1, 0.15) is 0 Å². The predicted molar refractivity (Wildman–Crippen MR) is 115 cm³/mol. The molecule has 28 heavy (non-hydrogen) atoms. The highest BCUT2D eigenvalue weighted by Gasteiger charge is 2.23. The number of carbonyl (C=O) groups is 1. The number of rotatable bonds is 6. The van der Waals surface area contributed by atoms with Gasteiger partial charge in [0.15, 0.2) is 10.9 Å². The van der Waals surface area contributed by atoms with Crippen LogP contribution in [0.5, 0.6) is 0 Å². The molecule has 150 valence electrons.